The summed E-state index contributed by atoms with van der Waals surface area (Å²) in [6, 6.07) is 4.53. The maximum atomic E-state index is 12.5. The fourth-order valence-electron chi connectivity index (χ4n) is 2.08. The van der Waals surface area contributed by atoms with Crippen LogP contribution in [0.25, 0.3) is 10.3 Å². The van der Waals surface area contributed by atoms with Gasteiger partial charge in [0.05, 0.1) is 11.3 Å². The number of carbonyl (C=O) groups is 2. The molecule has 2 heterocycles. The van der Waals surface area contributed by atoms with Crippen molar-refractivity contribution in [1.29, 1.82) is 0 Å². The van der Waals surface area contributed by atoms with Crippen LogP contribution in [0.15, 0.2) is 30.6 Å². The molecule has 0 aliphatic heterocycles. The molecule has 23 heavy (non-hydrogen) atoms. The van der Waals surface area contributed by atoms with Gasteiger partial charge in [0.2, 0.25) is 0 Å². The molecule has 0 unspecified atom stereocenters. The summed E-state index contributed by atoms with van der Waals surface area (Å²) >= 11 is 1.14. The van der Waals surface area contributed by atoms with Crippen LogP contribution in [-0.2, 0) is 0 Å². The van der Waals surface area contributed by atoms with E-state index in [4.69, 9.17) is 10.8 Å². The Kier molecular flexibility index (Phi) is 3.67. The van der Waals surface area contributed by atoms with Crippen molar-refractivity contribution in [3.05, 3.63) is 46.6 Å². The molecular weight excluding hydrogens is 316 g/mol. The molecular formula is C15H12N4O3S. The highest BCUT2D eigenvalue weighted by atomic mass is 32.1. The Morgan fingerprint density at radius 2 is 2.00 bits per heavy atom. The highest BCUT2D eigenvalue weighted by Gasteiger charge is 2.19. The molecule has 0 aliphatic rings. The van der Waals surface area contributed by atoms with Gasteiger partial charge in [0.25, 0.3) is 5.91 Å². The first-order valence-corrected chi connectivity index (χ1v) is 7.43. The van der Waals surface area contributed by atoms with Gasteiger partial charge < -0.3 is 16.2 Å². The van der Waals surface area contributed by atoms with Crippen LogP contribution >= 0.6 is 11.3 Å². The summed E-state index contributed by atoms with van der Waals surface area (Å²) < 4.78 is 0. The summed E-state index contributed by atoms with van der Waals surface area (Å²) in [5, 5.41) is 11.7. The second kappa shape index (κ2) is 5.65. The predicted octanol–water partition coefficient (Wildman–Crippen LogP) is 2.53. The number of thiophene rings is 1. The van der Waals surface area contributed by atoms with Crippen molar-refractivity contribution in [2.45, 2.75) is 6.92 Å². The molecule has 3 rings (SSSR count). The number of anilines is 2. The zero-order valence-electron chi connectivity index (χ0n) is 12.0. The van der Waals surface area contributed by atoms with Crippen molar-refractivity contribution in [3.8, 4) is 0 Å². The Bertz CT molecular complexity index is 936. The van der Waals surface area contributed by atoms with Gasteiger partial charge in [-0.25, -0.2) is 14.8 Å². The van der Waals surface area contributed by atoms with E-state index in [-0.39, 0.29) is 11.3 Å². The first kappa shape index (κ1) is 14.9. The Hall–Kier alpha value is -3.00. The average Bonchev–Trinajstić information content (AvgIpc) is 2.87. The molecule has 0 saturated carbocycles. The molecule has 1 amide bonds. The summed E-state index contributed by atoms with van der Waals surface area (Å²) in [4.78, 5) is 32.6. The van der Waals surface area contributed by atoms with Crippen molar-refractivity contribution in [2.24, 2.45) is 0 Å². The third-order valence-corrected chi connectivity index (χ3v) is 4.40. The van der Waals surface area contributed by atoms with E-state index >= 15 is 0 Å². The molecule has 0 saturated heterocycles. The van der Waals surface area contributed by atoms with Gasteiger partial charge in [0, 0.05) is 18.1 Å². The molecule has 2 aromatic heterocycles. The van der Waals surface area contributed by atoms with E-state index < -0.39 is 11.9 Å². The Morgan fingerprint density at radius 3 is 2.70 bits per heavy atom. The molecule has 116 valence electrons. The number of carbonyl (C=O) groups excluding carboxylic acids is 1. The summed E-state index contributed by atoms with van der Waals surface area (Å²) in [5.41, 5.74) is 7.98. The molecule has 0 fully saturated rings. The zero-order chi connectivity index (χ0) is 16.6. The molecule has 0 radical (unpaired) electrons. The molecule has 1 aromatic carbocycles. The Morgan fingerprint density at radius 1 is 1.26 bits per heavy atom. The van der Waals surface area contributed by atoms with Crippen LogP contribution in [0.2, 0.25) is 0 Å². The van der Waals surface area contributed by atoms with Crippen LogP contribution in [0, 0.1) is 6.92 Å². The summed E-state index contributed by atoms with van der Waals surface area (Å²) in [7, 11) is 0. The van der Waals surface area contributed by atoms with E-state index in [0.29, 0.717) is 20.9 Å². The smallest absolute Gasteiger partial charge is 0.335 e. The monoisotopic (exact) mass is 328 g/mol. The predicted molar refractivity (Wildman–Crippen MR) is 87.9 cm³/mol. The average molecular weight is 328 g/mol. The van der Waals surface area contributed by atoms with Crippen LogP contribution in [0.1, 0.15) is 25.6 Å². The van der Waals surface area contributed by atoms with Crippen LogP contribution in [0.3, 0.4) is 0 Å². The minimum Gasteiger partial charge on any atom is -0.478 e. The van der Waals surface area contributed by atoms with E-state index in [9.17, 15) is 9.59 Å². The third kappa shape index (κ3) is 2.71. The second-order valence-corrected chi connectivity index (χ2v) is 5.84. The standard InChI is InChI=1S/C15H12N4O3S/c1-7-2-3-8(15(21)22)6-9(7)19-13(20)12-10(16)11-14(23-12)18-5-4-17-11/h2-6H,16H2,1H3,(H,19,20)(H,21,22). The van der Waals surface area contributed by atoms with Crippen molar-refractivity contribution in [3.63, 3.8) is 0 Å². The van der Waals surface area contributed by atoms with Gasteiger partial charge in [0.15, 0.2) is 0 Å². The van der Waals surface area contributed by atoms with Crippen molar-refractivity contribution in [2.75, 3.05) is 11.1 Å². The maximum Gasteiger partial charge on any atom is 0.335 e. The normalized spacial score (nSPS) is 10.7. The van der Waals surface area contributed by atoms with Crippen molar-refractivity contribution >= 4 is 44.9 Å². The van der Waals surface area contributed by atoms with Gasteiger partial charge in [-0.3, -0.25) is 4.79 Å². The van der Waals surface area contributed by atoms with Crippen LogP contribution in [0.4, 0.5) is 11.4 Å². The minimum atomic E-state index is -1.06. The topological polar surface area (TPSA) is 118 Å². The number of nitrogens with one attached hydrogen (secondary N) is 1. The SMILES string of the molecule is Cc1ccc(C(=O)O)cc1NC(=O)c1sc2nccnc2c1N. The van der Waals surface area contributed by atoms with Gasteiger partial charge in [-0.2, -0.15) is 0 Å². The lowest BCUT2D eigenvalue weighted by Crippen LogP contribution is -2.13. The largest absolute Gasteiger partial charge is 0.478 e. The van der Waals surface area contributed by atoms with Gasteiger partial charge in [-0.15, -0.1) is 11.3 Å². The van der Waals surface area contributed by atoms with Crippen LogP contribution in [-0.4, -0.2) is 27.0 Å². The number of aromatic nitrogens is 2. The van der Waals surface area contributed by atoms with E-state index in [1.165, 1.54) is 24.5 Å². The minimum absolute atomic E-state index is 0.0959. The molecule has 0 spiro atoms. The number of rotatable bonds is 3. The van der Waals surface area contributed by atoms with E-state index in [2.05, 4.69) is 15.3 Å². The van der Waals surface area contributed by atoms with Crippen LogP contribution in [0.5, 0.6) is 0 Å². The number of hydrogen-bond donors (Lipinski definition) is 3. The zero-order valence-corrected chi connectivity index (χ0v) is 12.8. The number of nitrogen functional groups attached to an aromatic ring is 1. The highest BCUT2D eigenvalue weighted by Crippen LogP contribution is 2.31. The first-order chi connectivity index (χ1) is 11.0. The summed E-state index contributed by atoms with van der Waals surface area (Å²) in [5.74, 6) is -1.48. The fourth-order valence-corrected chi connectivity index (χ4v) is 3.00. The molecule has 4 N–H and O–H groups in total. The van der Waals surface area contributed by atoms with Crippen molar-refractivity contribution in [1.82, 2.24) is 9.97 Å². The van der Waals surface area contributed by atoms with Gasteiger partial charge in [-0.05, 0) is 24.6 Å². The van der Waals surface area contributed by atoms with Crippen LogP contribution < -0.4 is 11.1 Å². The van der Waals surface area contributed by atoms with Gasteiger partial charge >= 0.3 is 5.97 Å². The summed E-state index contributed by atoms with van der Waals surface area (Å²) in [6.45, 7) is 1.78. The number of fused-ring (bicyclic) bond motifs is 1. The number of aryl methyl sites for hydroxylation is 1. The van der Waals surface area contributed by atoms with E-state index in [1.807, 2.05) is 0 Å². The number of carboxylic acid groups (broad SMARTS) is 1. The maximum absolute atomic E-state index is 12.5. The highest BCUT2D eigenvalue weighted by molar-refractivity contribution is 7.21. The van der Waals surface area contributed by atoms with Gasteiger partial charge in [-0.1, -0.05) is 6.07 Å². The lowest BCUT2D eigenvalue weighted by atomic mass is 10.1. The Balaban J connectivity index is 1.96. The summed E-state index contributed by atoms with van der Waals surface area (Å²) in [6.07, 6.45) is 3.04. The number of nitrogens with zero attached hydrogens (tertiary/aromatic N) is 2. The lowest BCUT2D eigenvalue weighted by molar-refractivity contribution is 0.0696. The number of nitrogens with two attached hydrogens (primary N) is 1. The number of aromatic carboxylic acids is 1. The number of amides is 1. The van der Waals surface area contributed by atoms with Crippen molar-refractivity contribution < 1.29 is 14.7 Å². The molecule has 8 heteroatoms. The molecule has 0 atom stereocenters. The van der Waals surface area contributed by atoms with Gasteiger partial charge in [0.1, 0.15) is 15.2 Å². The fraction of sp³-hybridized carbons (Fsp3) is 0.0667. The van der Waals surface area contributed by atoms with E-state index in [1.54, 1.807) is 13.0 Å². The first-order valence-electron chi connectivity index (χ1n) is 6.61. The lowest BCUT2D eigenvalue weighted by Gasteiger charge is -2.08. The Labute approximate surface area is 134 Å². The number of hydrogen-bond acceptors (Lipinski definition) is 6. The molecule has 0 bridgehead atoms. The quantitative estimate of drug-likeness (QED) is 0.680. The molecule has 3 aromatic rings. The number of benzene rings is 1. The molecule has 0 aliphatic carbocycles. The second-order valence-electron chi connectivity index (χ2n) is 4.84. The number of carboxylic acids is 1. The third-order valence-electron chi connectivity index (χ3n) is 3.30. The van der Waals surface area contributed by atoms with E-state index in [0.717, 1.165) is 16.9 Å². The molecule has 7 nitrogen and oxygen atoms in total.